The van der Waals surface area contributed by atoms with Gasteiger partial charge < -0.3 is 18.9 Å². The molecular formula is C21H22N2O5. The minimum absolute atomic E-state index is 0.195. The number of benzene rings is 2. The van der Waals surface area contributed by atoms with Gasteiger partial charge >= 0.3 is 0 Å². The van der Waals surface area contributed by atoms with Crippen molar-refractivity contribution in [2.24, 2.45) is 0 Å². The third kappa shape index (κ3) is 3.93. The van der Waals surface area contributed by atoms with E-state index >= 15 is 0 Å². The van der Waals surface area contributed by atoms with Crippen LogP contribution in [0.2, 0.25) is 0 Å². The van der Waals surface area contributed by atoms with Crippen molar-refractivity contribution in [3.63, 3.8) is 0 Å². The van der Waals surface area contributed by atoms with Crippen LogP contribution in [0.5, 0.6) is 23.0 Å². The first-order valence-corrected chi connectivity index (χ1v) is 8.61. The van der Waals surface area contributed by atoms with E-state index in [1.807, 2.05) is 24.3 Å². The predicted octanol–water partition coefficient (Wildman–Crippen LogP) is 2.99. The molecule has 0 fully saturated rings. The molecule has 0 N–H and O–H groups in total. The quantitative estimate of drug-likeness (QED) is 0.626. The lowest BCUT2D eigenvalue weighted by atomic mass is 10.1. The maximum Gasteiger partial charge on any atom is 0.267 e. The molecule has 0 saturated heterocycles. The Morgan fingerprint density at radius 2 is 1.57 bits per heavy atom. The number of nitrogens with zero attached hydrogens (tertiary/aromatic N) is 2. The van der Waals surface area contributed by atoms with Gasteiger partial charge in [0.2, 0.25) is 5.75 Å². The van der Waals surface area contributed by atoms with E-state index in [1.54, 1.807) is 46.6 Å². The van der Waals surface area contributed by atoms with E-state index in [2.05, 4.69) is 5.10 Å². The van der Waals surface area contributed by atoms with Crippen LogP contribution in [-0.4, -0.2) is 38.2 Å². The van der Waals surface area contributed by atoms with Crippen molar-refractivity contribution in [3.8, 4) is 34.3 Å². The average Bonchev–Trinajstić information content (AvgIpc) is 2.74. The first-order chi connectivity index (χ1) is 13.6. The molecule has 1 aromatic heterocycles. The zero-order chi connectivity index (χ0) is 20.1. The van der Waals surface area contributed by atoms with E-state index in [4.69, 9.17) is 18.9 Å². The van der Waals surface area contributed by atoms with Gasteiger partial charge in [0.1, 0.15) is 5.75 Å². The number of hydrogen-bond donors (Lipinski definition) is 0. The van der Waals surface area contributed by atoms with Crippen LogP contribution in [0.1, 0.15) is 5.56 Å². The van der Waals surface area contributed by atoms with Gasteiger partial charge in [-0.2, -0.15) is 5.10 Å². The van der Waals surface area contributed by atoms with Crippen molar-refractivity contribution in [3.05, 3.63) is 64.4 Å². The van der Waals surface area contributed by atoms with Crippen LogP contribution >= 0.6 is 0 Å². The molecule has 3 aromatic rings. The molecule has 7 nitrogen and oxygen atoms in total. The number of methoxy groups -OCH3 is 4. The Hall–Kier alpha value is -3.48. The van der Waals surface area contributed by atoms with Crippen molar-refractivity contribution in [1.82, 2.24) is 9.78 Å². The predicted molar refractivity (Wildman–Crippen MR) is 106 cm³/mol. The Labute approximate surface area is 163 Å². The molecule has 7 heteroatoms. The topological polar surface area (TPSA) is 71.8 Å². The Morgan fingerprint density at radius 3 is 2.18 bits per heavy atom. The molecule has 0 atom stereocenters. The number of rotatable bonds is 7. The molecule has 0 bridgehead atoms. The van der Waals surface area contributed by atoms with Crippen molar-refractivity contribution in [2.45, 2.75) is 6.54 Å². The molecule has 0 spiro atoms. The van der Waals surface area contributed by atoms with E-state index in [0.717, 1.165) is 16.9 Å². The maximum atomic E-state index is 12.3. The average molecular weight is 382 g/mol. The summed E-state index contributed by atoms with van der Waals surface area (Å²) in [6.07, 6.45) is 0. The lowest BCUT2D eigenvalue weighted by molar-refractivity contribution is 0.324. The molecule has 0 aliphatic carbocycles. The van der Waals surface area contributed by atoms with Crippen LogP contribution < -0.4 is 24.5 Å². The summed E-state index contributed by atoms with van der Waals surface area (Å²) in [6, 6.07) is 14.3. The summed E-state index contributed by atoms with van der Waals surface area (Å²) in [5.41, 5.74) is 2.07. The van der Waals surface area contributed by atoms with Gasteiger partial charge in [-0.15, -0.1) is 0 Å². The molecule has 0 aliphatic heterocycles. The van der Waals surface area contributed by atoms with E-state index < -0.39 is 0 Å². The van der Waals surface area contributed by atoms with Crippen LogP contribution in [-0.2, 0) is 6.54 Å². The fourth-order valence-corrected chi connectivity index (χ4v) is 2.89. The first-order valence-electron chi connectivity index (χ1n) is 8.61. The standard InChI is InChI=1S/C21H22N2O5/c1-25-16-7-5-6-14(10-16)13-23-20(24)9-8-17(22-23)15-11-18(26-2)21(28-4)19(12-15)27-3/h5-12H,13H2,1-4H3. The highest BCUT2D eigenvalue weighted by Crippen LogP contribution is 2.40. The van der Waals surface area contributed by atoms with Crippen LogP contribution in [0.4, 0.5) is 0 Å². The minimum atomic E-state index is -0.195. The van der Waals surface area contributed by atoms with Gasteiger partial charge in [-0.25, -0.2) is 4.68 Å². The molecule has 146 valence electrons. The third-order valence-corrected chi connectivity index (χ3v) is 4.29. The summed E-state index contributed by atoms with van der Waals surface area (Å²) in [7, 11) is 6.26. The lowest BCUT2D eigenvalue weighted by Gasteiger charge is -2.14. The summed E-state index contributed by atoms with van der Waals surface area (Å²) in [5, 5.41) is 4.51. The molecular weight excluding hydrogens is 360 g/mol. The Bertz CT molecular complexity index is 1000. The number of hydrogen-bond acceptors (Lipinski definition) is 6. The highest BCUT2D eigenvalue weighted by atomic mass is 16.5. The molecule has 28 heavy (non-hydrogen) atoms. The molecule has 1 heterocycles. The smallest absolute Gasteiger partial charge is 0.267 e. The van der Waals surface area contributed by atoms with Crippen molar-refractivity contribution in [1.29, 1.82) is 0 Å². The normalized spacial score (nSPS) is 10.4. The van der Waals surface area contributed by atoms with Gasteiger partial charge in [0, 0.05) is 11.6 Å². The van der Waals surface area contributed by atoms with Crippen molar-refractivity contribution in [2.75, 3.05) is 28.4 Å². The second kappa shape index (κ2) is 8.47. The zero-order valence-corrected chi connectivity index (χ0v) is 16.3. The van der Waals surface area contributed by atoms with Crippen molar-refractivity contribution < 1.29 is 18.9 Å². The van der Waals surface area contributed by atoms with Gasteiger partial charge in [-0.3, -0.25) is 4.79 Å². The van der Waals surface area contributed by atoms with Crippen molar-refractivity contribution >= 4 is 0 Å². The summed E-state index contributed by atoms with van der Waals surface area (Å²) < 4.78 is 22.8. The second-order valence-corrected chi connectivity index (χ2v) is 5.98. The molecule has 0 radical (unpaired) electrons. The summed E-state index contributed by atoms with van der Waals surface area (Å²) in [6.45, 7) is 0.328. The summed E-state index contributed by atoms with van der Waals surface area (Å²) >= 11 is 0. The lowest BCUT2D eigenvalue weighted by Crippen LogP contribution is -2.22. The minimum Gasteiger partial charge on any atom is -0.497 e. The maximum absolute atomic E-state index is 12.3. The first kappa shape index (κ1) is 19.3. The monoisotopic (exact) mass is 382 g/mol. The molecule has 0 saturated carbocycles. The Morgan fingerprint density at radius 1 is 0.857 bits per heavy atom. The Balaban J connectivity index is 2.02. The van der Waals surface area contributed by atoms with Crippen LogP contribution in [0.15, 0.2) is 53.3 Å². The second-order valence-electron chi connectivity index (χ2n) is 5.98. The molecule has 0 unspecified atom stereocenters. The van der Waals surface area contributed by atoms with Gasteiger partial charge in [0.05, 0.1) is 40.7 Å². The van der Waals surface area contributed by atoms with Gasteiger partial charge in [-0.1, -0.05) is 12.1 Å². The fraction of sp³-hybridized carbons (Fsp3) is 0.238. The van der Waals surface area contributed by atoms with Crippen LogP contribution in [0, 0.1) is 0 Å². The van der Waals surface area contributed by atoms with Gasteiger partial charge in [0.25, 0.3) is 5.56 Å². The molecule has 2 aromatic carbocycles. The van der Waals surface area contributed by atoms with E-state index in [1.165, 1.54) is 10.7 Å². The van der Waals surface area contributed by atoms with Gasteiger partial charge in [-0.05, 0) is 35.9 Å². The van der Waals surface area contributed by atoms with E-state index in [-0.39, 0.29) is 5.56 Å². The number of ether oxygens (including phenoxy) is 4. The Kier molecular flexibility index (Phi) is 5.84. The molecule has 0 aliphatic rings. The molecule has 3 rings (SSSR count). The largest absolute Gasteiger partial charge is 0.497 e. The highest BCUT2D eigenvalue weighted by Gasteiger charge is 2.15. The van der Waals surface area contributed by atoms with E-state index in [0.29, 0.717) is 29.5 Å². The van der Waals surface area contributed by atoms with Crippen LogP contribution in [0.25, 0.3) is 11.3 Å². The van der Waals surface area contributed by atoms with Crippen LogP contribution in [0.3, 0.4) is 0 Å². The zero-order valence-electron chi connectivity index (χ0n) is 16.3. The number of aromatic nitrogens is 2. The van der Waals surface area contributed by atoms with E-state index in [9.17, 15) is 4.79 Å². The molecule has 0 amide bonds. The summed E-state index contributed by atoms with van der Waals surface area (Å²) in [4.78, 5) is 12.3. The van der Waals surface area contributed by atoms with Gasteiger partial charge in [0.15, 0.2) is 11.5 Å². The third-order valence-electron chi connectivity index (χ3n) is 4.29. The summed E-state index contributed by atoms with van der Waals surface area (Å²) in [5.74, 6) is 2.26. The fourth-order valence-electron chi connectivity index (χ4n) is 2.89. The SMILES string of the molecule is COc1cccc(Cn2nc(-c3cc(OC)c(OC)c(OC)c3)ccc2=O)c1. The highest BCUT2D eigenvalue weighted by molar-refractivity contribution is 5.68.